The van der Waals surface area contributed by atoms with Gasteiger partial charge in [0.2, 0.25) is 5.91 Å². The number of amides is 1. The second-order valence-corrected chi connectivity index (χ2v) is 4.71. The van der Waals surface area contributed by atoms with E-state index in [1.165, 1.54) is 0 Å². The van der Waals surface area contributed by atoms with Gasteiger partial charge in [0, 0.05) is 38.1 Å². The Labute approximate surface area is 107 Å². The molecular weight excluding hydrogens is 230 g/mol. The summed E-state index contributed by atoms with van der Waals surface area (Å²) in [5, 5.41) is 12.2. The number of aliphatic hydroxyl groups excluding tert-OH is 1. The van der Waals surface area contributed by atoms with Crippen molar-refractivity contribution in [2.24, 2.45) is 0 Å². The third kappa shape index (κ3) is 3.05. The monoisotopic (exact) mass is 249 g/mol. The maximum atomic E-state index is 12.2. The van der Waals surface area contributed by atoms with Crippen LogP contribution >= 0.6 is 0 Å². The van der Waals surface area contributed by atoms with Gasteiger partial charge < -0.3 is 15.3 Å². The number of rotatable bonds is 4. The molecule has 0 bridgehead atoms. The predicted molar refractivity (Wildman–Crippen MR) is 67.7 cm³/mol. The van der Waals surface area contributed by atoms with E-state index in [1.807, 2.05) is 24.0 Å². The summed E-state index contributed by atoms with van der Waals surface area (Å²) in [6.07, 6.45) is 3.97. The van der Waals surface area contributed by atoms with E-state index >= 15 is 0 Å². The Balaban J connectivity index is 2.04. The molecule has 0 aromatic carbocycles. The van der Waals surface area contributed by atoms with Gasteiger partial charge in [0.25, 0.3) is 0 Å². The summed E-state index contributed by atoms with van der Waals surface area (Å²) in [5.41, 5.74) is 1.03. The zero-order valence-corrected chi connectivity index (χ0v) is 10.5. The Morgan fingerprint density at radius 3 is 3.11 bits per heavy atom. The first-order chi connectivity index (χ1) is 8.70. The molecule has 2 heterocycles. The van der Waals surface area contributed by atoms with Crippen LogP contribution in [0.15, 0.2) is 24.5 Å². The second-order valence-electron chi connectivity index (χ2n) is 4.71. The van der Waals surface area contributed by atoms with E-state index in [0.717, 1.165) is 5.56 Å². The van der Waals surface area contributed by atoms with Crippen LogP contribution < -0.4 is 5.32 Å². The van der Waals surface area contributed by atoms with Gasteiger partial charge in [-0.2, -0.15) is 0 Å². The van der Waals surface area contributed by atoms with Gasteiger partial charge in [-0.1, -0.05) is 6.07 Å². The highest BCUT2D eigenvalue weighted by molar-refractivity contribution is 5.82. The van der Waals surface area contributed by atoms with E-state index in [2.05, 4.69) is 10.3 Å². The van der Waals surface area contributed by atoms with Gasteiger partial charge in [0.15, 0.2) is 0 Å². The van der Waals surface area contributed by atoms with Crippen molar-refractivity contribution in [1.29, 1.82) is 0 Å². The Hall–Kier alpha value is -1.46. The Kier molecular flexibility index (Phi) is 4.28. The first-order valence-electron chi connectivity index (χ1n) is 6.25. The highest BCUT2D eigenvalue weighted by Gasteiger charge is 2.31. The molecule has 1 fully saturated rings. The van der Waals surface area contributed by atoms with E-state index in [0.29, 0.717) is 19.5 Å². The highest BCUT2D eigenvalue weighted by Crippen LogP contribution is 2.12. The van der Waals surface area contributed by atoms with Crippen molar-refractivity contribution in [3.63, 3.8) is 0 Å². The standard InChI is InChI=1S/C13H19N3O2/c1-10-8-16(9-11-3-2-5-14-7-11)13(18)12(15-10)4-6-17/h2-3,5,7,10,12,15,17H,4,6,8-9H2,1H3. The smallest absolute Gasteiger partial charge is 0.240 e. The molecule has 5 heteroatoms. The molecule has 0 radical (unpaired) electrons. The average Bonchev–Trinajstić information content (AvgIpc) is 2.36. The lowest BCUT2D eigenvalue weighted by atomic mass is 10.1. The quantitative estimate of drug-likeness (QED) is 0.797. The number of nitrogens with one attached hydrogen (secondary N) is 1. The van der Waals surface area contributed by atoms with Crippen molar-refractivity contribution in [1.82, 2.24) is 15.2 Å². The van der Waals surface area contributed by atoms with E-state index < -0.39 is 0 Å². The molecule has 2 N–H and O–H groups in total. The molecule has 1 aromatic heterocycles. The molecule has 5 nitrogen and oxygen atoms in total. The minimum absolute atomic E-state index is 0.0247. The van der Waals surface area contributed by atoms with Crippen molar-refractivity contribution in [2.75, 3.05) is 13.2 Å². The molecular formula is C13H19N3O2. The van der Waals surface area contributed by atoms with Crippen molar-refractivity contribution >= 4 is 5.91 Å². The molecule has 1 amide bonds. The van der Waals surface area contributed by atoms with Gasteiger partial charge in [0.05, 0.1) is 6.04 Å². The molecule has 0 aliphatic carbocycles. The SMILES string of the molecule is CC1CN(Cc2cccnc2)C(=O)C(CCO)N1. The first kappa shape index (κ1) is 13.0. The third-order valence-electron chi connectivity index (χ3n) is 3.10. The number of pyridine rings is 1. The third-order valence-corrected chi connectivity index (χ3v) is 3.10. The van der Waals surface area contributed by atoms with Gasteiger partial charge in [0.1, 0.15) is 0 Å². The predicted octanol–water partition coefficient (Wildman–Crippen LogP) is 0.153. The maximum Gasteiger partial charge on any atom is 0.240 e. The summed E-state index contributed by atoms with van der Waals surface area (Å²) < 4.78 is 0. The Morgan fingerprint density at radius 2 is 2.44 bits per heavy atom. The molecule has 1 aliphatic rings. The zero-order valence-electron chi connectivity index (χ0n) is 10.5. The van der Waals surface area contributed by atoms with Crippen LogP contribution in [0.1, 0.15) is 18.9 Å². The topological polar surface area (TPSA) is 65.5 Å². The Morgan fingerprint density at radius 1 is 1.61 bits per heavy atom. The Bertz CT molecular complexity index is 396. The lowest BCUT2D eigenvalue weighted by molar-refractivity contribution is -0.138. The number of carbonyl (C=O) groups is 1. The molecule has 0 saturated carbocycles. The van der Waals surface area contributed by atoms with Gasteiger partial charge >= 0.3 is 0 Å². The summed E-state index contributed by atoms with van der Waals surface area (Å²) in [7, 11) is 0. The molecule has 18 heavy (non-hydrogen) atoms. The molecule has 2 unspecified atom stereocenters. The number of nitrogens with zero attached hydrogens (tertiary/aromatic N) is 2. The minimum atomic E-state index is -0.268. The fraction of sp³-hybridized carbons (Fsp3) is 0.538. The number of hydrogen-bond acceptors (Lipinski definition) is 4. The number of hydrogen-bond donors (Lipinski definition) is 2. The lowest BCUT2D eigenvalue weighted by Gasteiger charge is -2.37. The average molecular weight is 249 g/mol. The van der Waals surface area contributed by atoms with Gasteiger partial charge in [-0.15, -0.1) is 0 Å². The molecule has 1 saturated heterocycles. The molecule has 2 rings (SSSR count). The lowest BCUT2D eigenvalue weighted by Crippen LogP contribution is -2.58. The van der Waals surface area contributed by atoms with Crippen molar-refractivity contribution in [2.45, 2.75) is 32.0 Å². The van der Waals surface area contributed by atoms with Crippen LogP contribution in [-0.2, 0) is 11.3 Å². The fourth-order valence-electron chi connectivity index (χ4n) is 2.30. The summed E-state index contributed by atoms with van der Waals surface area (Å²) in [6, 6.07) is 3.82. The molecule has 1 aliphatic heterocycles. The summed E-state index contributed by atoms with van der Waals surface area (Å²) in [6.45, 7) is 3.35. The number of aromatic nitrogens is 1. The van der Waals surface area contributed by atoms with Crippen LogP contribution in [0.25, 0.3) is 0 Å². The normalized spacial score (nSPS) is 24.3. The van der Waals surface area contributed by atoms with Crippen LogP contribution in [0.2, 0.25) is 0 Å². The van der Waals surface area contributed by atoms with E-state index in [4.69, 9.17) is 5.11 Å². The van der Waals surface area contributed by atoms with Crippen LogP contribution in [0.5, 0.6) is 0 Å². The van der Waals surface area contributed by atoms with E-state index in [9.17, 15) is 4.79 Å². The van der Waals surface area contributed by atoms with Gasteiger partial charge in [-0.05, 0) is 25.0 Å². The molecule has 2 atom stereocenters. The largest absolute Gasteiger partial charge is 0.396 e. The second kappa shape index (κ2) is 5.93. The maximum absolute atomic E-state index is 12.2. The molecule has 1 aromatic rings. The van der Waals surface area contributed by atoms with Crippen LogP contribution in [0, 0.1) is 0 Å². The van der Waals surface area contributed by atoms with Crippen molar-refractivity contribution < 1.29 is 9.90 Å². The van der Waals surface area contributed by atoms with Crippen LogP contribution in [0.4, 0.5) is 0 Å². The van der Waals surface area contributed by atoms with Crippen LogP contribution in [-0.4, -0.2) is 46.1 Å². The number of piperazine rings is 1. The van der Waals surface area contributed by atoms with Crippen molar-refractivity contribution in [3.05, 3.63) is 30.1 Å². The molecule has 0 spiro atoms. The molecule has 98 valence electrons. The van der Waals surface area contributed by atoms with E-state index in [1.54, 1.807) is 12.4 Å². The van der Waals surface area contributed by atoms with Crippen LogP contribution in [0.3, 0.4) is 0 Å². The van der Waals surface area contributed by atoms with Gasteiger partial charge in [-0.3, -0.25) is 9.78 Å². The summed E-state index contributed by atoms with van der Waals surface area (Å²) in [5.74, 6) is 0.0611. The summed E-state index contributed by atoms with van der Waals surface area (Å²) >= 11 is 0. The number of aliphatic hydroxyl groups is 1. The summed E-state index contributed by atoms with van der Waals surface area (Å²) in [4.78, 5) is 18.1. The van der Waals surface area contributed by atoms with E-state index in [-0.39, 0.29) is 24.6 Å². The number of carbonyl (C=O) groups excluding carboxylic acids is 1. The van der Waals surface area contributed by atoms with Crippen molar-refractivity contribution in [3.8, 4) is 0 Å². The first-order valence-corrected chi connectivity index (χ1v) is 6.25. The van der Waals surface area contributed by atoms with Gasteiger partial charge in [-0.25, -0.2) is 0 Å². The highest BCUT2D eigenvalue weighted by atomic mass is 16.3. The minimum Gasteiger partial charge on any atom is -0.396 e. The zero-order chi connectivity index (χ0) is 13.0. The fourth-order valence-corrected chi connectivity index (χ4v) is 2.30.